The average molecular weight is 391 g/mol. The predicted molar refractivity (Wildman–Crippen MR) is 118 cm³/mol. The molecule has 4 rings (SSSR count). The molecule has 0 radical (unpaired) electrons. The van der Waals surface area contributed by atoms with E-state index in [1.807, 2.05) is 66.7 Å². The highest BCUT2D eigenvalue weighted by Gasteiger charge is 2.12. The molecule has 0 atom stereocenters. The Labute approximate surface area is 173 Å². The van der Waals surface area contributed by atoms with E-state index in [1.165, 1.54) is 0 Å². The smallest absolute Gasteiger partial charge is 0.270 e. The molecule has 0 unspecified atom stereocenters. The number of nitrogens with zero attached hydrogens (tertiary/aromatic N) is 3. The van der Waals surface area contributed by atoms with Gasteiger partial charge in [0.15, 0.2) is 0 Å². The summed E-state index contributed by atoms with van der Waals surface area (Å²) in [6, 6.07) is 29.1. The summed E-state index contributed by atoms with van der Waals surface area (Å²) in [4.78, 5) is 19.2. The maximum absolute atomic E-state index is 12.3. The first-order chi connectivity index (χ1) is 14.7. The van der Waals surface area contributed by atoms with Gasteiger partial charge in [-0.15, -0.1) is 0 Å². The molecule has 0 saturated heterocycles. The molecule has 1 aromatic heterocycles. The van der Waals surface area contributed by atoms with E-state index in [4.69, 9.17) is 0 Å². The van der Waals surface area contributed by atoms with Crippen LogP contribution in [0.15, 0.2) is 94.8 Å². The van der Waals surface area contributed by atoms with Crippen molar-refractivity contribution in [1.29, 1.82) is 5.26 Å². The van der Waals surface area contributed by atoms with Gasteiger partial charge in [-0.25, -0.2) is 10.4 Å². The van der Waals surface area contributed by atoms with Gasteiger partial charge in [-0.2, -0.15) is 10.4 Å². The lowest BCUT2D eigenvalue weighted by Gasteiger charge is -2.06. The van der Waals surface area contributed by atoms with E-state index < -0.39 is 5.56 Å². The van der Waals surface area contributed by atoms with Crippen molar-refractivity contribution in [3.63, 3.8) is 0 Å². The van der Waals surface area contributed by atoms with E-state index in [1.54, 1.807) is 18.3 Å². The van der Waals surface area contributed by atoms with Crippen LogP contribution in [-0.4, -0.2) is 16.2 Å². The first-order valence-electron chi connectivity index (χ1n) is 9.29. The lowest BCUT2D eigenvalue weighted by molar-refractivity contribution is 1.08. The van der Waals surface area contributed by atoms with Crippen LogP contribution in [0, 0.1) is 11.3 Å². The van der Waals surface area contributed by atoms with Gasteiger partial charge in [-0.3, -0.25) is 9.78 Å². The Kier molecular flexibility index (Phi) is 5.45. The first kappa shape index (κ1) is 18.8. The lowest BCUT2D eigenvalue weighted by Crippen LogP contribution is -2.16. The van der Waals surface area contributed by atoms with Crippen molar-refractivity contribution in [2.24, 2.45) is 5.10 Å². The van der Waals surface area contributed by atoms with E-state index in [0.29, 0.717) is 11.3 Å². The van der Waals surface area contributed by atoms with Gasteiger partial charge in [-0.1, -0.05) is 84.9 Å². The number of anilines is 1. The van der Waals surface area contributed by atoms with Crippen LogP contribution in [0.2, 0.25) is 0 Å². The van der Waals surface area contributed by atoms with Crippen LogP contribution in [0.1, 0.15) is 11.1 Å². The second-order valence-corrected chi connectivity index (χ2v) is 6.47. The minimum atomic E-state index is -0.517. The maximum Gasteiger partial charge on any atom is 0.270 e. The van der Waals surface area contributed by atoms with Crippen LogP contribution in [0.25, 0.3) is 22.4 Å². The number of nitriles is 1. The molecule has 0 aliphatic rings. The Morgan fingerprint density at radius 3 is 2.10 bits per heavy atom. The van der Waals surface area contributed by atoms with Crippen molar-refractivity contribution in [2.45, 2.75) is 0 Å². The molecule has 0 spiro atoms. The third-order valence-corrected chi connectivity index (χ3v) is 4.48. The molecule has 3 aromatic carbocycles. The molecule has 144 valence electrons. The number of nitrogens with one attached hydrogen (secondary N) is 2. The quantitative estimate of drug-likeness (QED) is 0.389. The summed E-state index contributed by atoms with van der Waals surface area (Å²) in [5, 5.41) is 13.5. The molecular formula is C24H17N5O. The summed E-state index contributed by atoms with van der Waals surface area (Å²) in [5.41, 5.74) is 6.33. The molecule has 0 aliphatic carbocycles. The molecule has 0 bridgehead atoms. The summed E-state index contributed by atoms with van der Waals surface area (Å²) >= 11 is 0. The SMILES string of the molecule is N#Cc1c(-c2ccccc2)nc(NN=Cc2ccc(-c3ccccc3)cc2)[nH]c1=O. The van der Waals surface area contributed by atoms with Gasteiger partial charge in [0.25, 0.3) is 5.56 Å². The Morgan fingerprint density at radius 2 is 1.47 bits per heavy atom. The largest absolute Gasteiger partial charge is 0.290 e. The molecule has 4 aromatic rings. The molecule has 6 heteroatoms. The van der Waals surface area contributed by atoms with Gasteiger partial charge < -0.3 is 0 Å². The third-order valence-electron chi connectivity index (χ3n) is 4.48. The van der Waals surface area contributed by atoms with E-state index in [2.05, 4.69) is 32.6 Å². The van der Waals surface area contributed by atoms with Crippen LogP contribution in [0.3, 0.4) is 0 Å². The highest BCUT2D eigenvalue weighted by atomic mass is 16.1. The van der Waals surface area contributed by atoms with Crippen LogP contribution < -0.4 is 11.0 Å². The summed E-state index contributed by atoms with van der Waals surface area (Å²) < 4.78 is 0. The molecule has 0 fully saturated rings. The zero-order chi connectivity index (χ0) is 20.8. The fraction of sp³-hybridized carbons (Fsp3) is 0. The predicted octanol–water partition coefficient (Wildman–Crippen LogP) is 4.42. The Balaban J connectivity index is 1.54. The molecule has 30 heavy (non-hydrogen) atoms. The zero-order valence-corrected chi connectivity index (χ0v) is 15.9. The molecule has 2 N–H and O–H groups in total. The fourth-order valence-electron chi connectivity index (χ4n) is 3.00. The standard InChI is InChI=1S/C24H17N5O/c25-15-21-22(20-9-5-2-6-10-20)27-24(28-23(21)30)29-26-16-17-11-13-19(14-12-17)18-7-3-1-4-8-18/h1-14,16H,(H2,27,28,29,30). The van der Waals surface area contributed by atoms with Gasteiger partial charge in [0.2, 0.25) is 5.95 Å². The van der Waals surface area contributed by atoms with Gasteiger partial charge in [0, 0.05) is 5.56 Å². The normalized spacial score (nSPS) is 10.6. The first-order valence-corrected chi connectivity index (χ1v) is 9.29. The average Bonchev–Trinajstić information content (AvgIpc) is 2.80. The molecule has 6 nitrogen and oxygen atoms in total. The van der Waals surface area contributed by atoms with Gasteiger partial charge >= 0.3 is 0 Å². The third kappa shape index (κ3) is 4.16. The van der Waals surface area contributed by atoms with Crippen LogP contribution in [-0.2, 0) is 0 Å². The summed E-state index contributed by atoms with van der Waals surface area (Å²) in [6.45, 7) is 0. The van der Waals surface area contributed by atoms with Crippen molar-refractivity contribution in [3.8, 4) is 28.5 Å². The van der Waals surface area contributed by atoms with E-state index in [0.717, 1.165) is 16.7 Å². The molecule has 1 heterocycles. The van der Waals surface area contributed by atoms with Crippen molar-refractivity contribution in [3.05, 3.63) is 106 Å². The van der Waals surface area contributed by atoms with Gasteiger partial charge in [0.1, 0.15) is 11.6 Å². The van der Waals surface area contributed by atoms with Crippen LogP contribution in [0.4, 0.5) is 5.95 Å². The second kappa shape index (κ2) is 8.67. The molecule has 0 saturated carbocycles. The fourth-order valence-corrected chi connectivity index (χ4v) is 3.00. The molecular weight excluding hydrogens is 374 g/mol. The zero-order valence-electron chi connectivity index (χ0n) is 15.9. The number of hydrazone groups is 1. The number of hydrogen-bond donors (Lipinski definition) is 2. The monoisotopic (exact) mass is 391 g/mol. The van der Waals surface area contributed by atoms with Crippen molar-refractivity contribution in [1.82, 2.24) is 9.97 Å². The summed E-state index contributed by atoms with van der Waals surface area (Å²) in [6.07, 6.45) is 1.63. The minimum Gasteiger partial charge on any atom is -0.290 e. The van der Waals surface area contributed by atoms with E-state index in [-0.39, 0.29) is 11.5 Å². The van der Waals surface area contributed by atoms with Crippen molar-refractivity contribution >= 4 is 12.2 Å². The minimum absolute atomic E-state index is 0.0350. The van der Waals surface area contributed by atoms with Crippen molar-refractivity contribution < 1.29 is 0 Å². The number of hydrogen-bond acceptors (Lipinski definition) is 5. The summed E-state index contributed by atoms with van der Waals surface area (Å²) in [5.74, 6) is 0.162. The Morgan fingerprint density at radius 1 is 0.867 bits per heavy atom. The summed E-state index contributed by atoms with van der Waals surface area (Å²) in [7, 11) is 0. The number of aromatic amines is 1. The van der Waals surface area contributed by atoms with Crippen LogP contribution >= 0.6 is 0 Å². The Hall–Kier alpha value is -4.50. The highest BCUT2D eigenvalue weighted by Crippen LogP contribution is 2.20. The maximum atomic E-state index is 12.3. The van der Waals surface area contributed by atoms with E-state index >= 15 is 0 Å². The van der Waals surface area contributed by atoms with Gasteiger partial charge in [-0.05, 0) is 16.7 Å². The number of benzene rings is 3. The highest BCUT2D eigenvalue weighted by molar-refractivity contribution is 5.81. The number of aromatic nitrogens is 2. The van der Waals surface area contributed by atoms with E-state index in [9.17, 15) is 10.1 Å². The molecule has 0 aliphatic heterocycles. The Bertz CT molecular complexity index is 1270. The topological polar surface area (TPSA) is 93.9 Å². The lowest BCUT2D eigenvalue weighted by atomic mass is 10.0. The molecule has 0 amide bonds. The van der Waals surface area contributed by atoms with Crippen LogP contribution in [0.5, 0.6) is 0 Å². The second-order valence-electron chi connectivity index (χ2n) is 6.47. The number of rotatable bonds is 5. The number of H-pyrrole nitrogens is 1. The van der Waals surface area contributed by atoms with Gasteiger partial charge in [0.05, 0.1) is 11.9 Å². The van der Waals surface area contributed by atoms with Crippen molar-refractivity contribution in [2.75, 3.05) is 5.43 Å².